The van der Waals surface area contributed by atoms with Crippen molar-refractivity contribution in [2.45, 2.75) is 25.3 Å². The molecule has 2 aromatic rings. The van der Waals surface area contributed by atoms with Crippen molar-refractivity contribution in [1.29, 1.82) is 0 Å². The van der Waals surface area contributed by atoms with Crippen LogP contribution in [0.15, 0.2) is 18.5 Å². The molecule has 14 heavy (non-hydrogen) atoms. The van der Waals surface area contributed by atoms with Crippen molar-refractivity contribution in [3.8, 4) is 6.01 Å². The first kappa shape index (κ1) is 7.79. The third-order valence-electron chi connectivity index (χ3n) is 2.91. The van der Waals surface area contributed by atoms with Crippen LogP contribution in [-0.4, -0.2) is 19.6 Å². The van der Waals surface area contributed by atoms with Gasteiger partial charge in [0.2, 0.25) is 0 Å². The quantitative estimate of drug-likeness (QED) is 0.744. The van der Waals surface area contributed by atoms with Crippen LogP contribution < -0.4 is 0 Å². The highest BCUT2D eigenvalue weighted by atomic mass is 16.3. The fraction of sp³-hybridized carbons (Fsp3) is 0.400. The van der Waals surface area contributed by atoms with Gasteiger partial charge in [-0.05, 0) is 25.3 Å². The van der Waals surface area contributed by atoms with Crippen molar-refractivity contribution in [3.05, 3.63) is 18.5 Å². The zero-order chi connectivity index (χ0) is 9.54. The molecule has 0 spiro atoms. The molecule has 3 rings (SSSR count). The maximum Gasteiger partial charge on any atom is 0.315 e. The molecule has 72 valence electrons. The van der Waals surface area contributed by atoms with Gasteiger partial charge in [0.1, 0.15) is 5.65 Å². The van der Waals surface area contributed by atoms with Crippen LogP contribution in [0.1, 0.15) is 25.3 Å². The van der Waals surface area contributed by atoms with Gasteiger partial charge in [-0.2, -0.15) is 4.98 Å². The third-order valence-corrected chi connectivity index (χ3v) is 2.91. The van der Waals surface area contributed by atoms with Gasteiger partial charge in [-0.25, -0.2) is 4.98 Å². The molecule has 4 heteroatoms. The molecular formula is C10H11N3O. The normalized spacial score (nSPS) is 17.1. The average molecular weight is 189 g/mol. The molecule has 0 bridgehead atoms. The minimum atomic E-state index is -0.142. The lowest BCUT2D eigenvalue weighted by molar-refractivity contribution is 0.319. The smallest absolute Gasteiger partial charge is 0.315 e. The van der Waals surface area contributed by atoms with Crippen molar-refractivity contribution < 1.29 is 5.11 Å². The van der Waals surface area contributed by atoms with E-state index in [0.717, 1.165) is 11.0 Å². The summed E-state index contributed by atoms with van der Waals surface area (Å²) in [4.78, 5) is 7.80. The average Bonchev–Trinajstić information content (AvgIpc) is 2.46. The second kappa shape index (κ2) is 2.70. The summed E-state index contributed by atoms with van der Waals surface area (Å²) in [6.45, 7) is 0. The summed E-state index contributed by atoms with van der Waals surface area (Å²) < 4.78 is 2.14. The van der Waals surface area contributed by atoms with Gasteiger partial charge in [0, 0.05) is 23.8 Å². The molecule has 0 aliphatic heterocycles. The Kier molecular flexibility index (Phi) is 1.50. The number of fused-ring (bicyclic) bond motifs is 1. The Labute approximate surface area is 81.2 Å². The van der Waals surface area contributed by atoms with Gasteiger partial charge in [0.15, 0.2) is 0 Å². The minimum Gasteiger partial charge on any atom is -0.479 e. The third kappa shape index (κ3) is 0.999. The lowest BCUT2D eigenvalue weighted by Gasteiger charge is -2.27. The maximum atomic E-state index is 9.21. The Morgan fingerprint density at radius 1 is 1.43 bits per heavy atom. The van der Waals surface area contributed by atoms with Gasteiger partial charge in [-0.1, -0.05) is 0 Å². The van der Waals surface area contributed by atoms with Crippen molar-refractivity contribution >= 4 is 11.0 Å². The van der Waals surface area contributed by atoms with E-state index in [2.05, 4.69) is 14.5 Å². The van der Waals surface area contributed by atoms with Crippen LogP contribution in [0.3, 0.4) is 0 Å². The van der Waals surface area contributed by atoms with E-state index in [1.165, 1.54) is 19.3 Å². The number of hydrogen-bond donors (Lipinski definition) is 1. The second-order valence-corrected chi connectivity index (χ2v) is 3.76. The summed E-state index contributed by atoms with van der Waals surface area (Å²) in [6, 6.07) is 2.42. The van der Waals surface area contributed by atoms with Crippen LogP contribution in [0.5, 0.6) is 6.01 Å². The van der Waals surface area contributed by atoms with Gasteiger partial charge in [-0.3, -0.25) is 0 Å². The molecule has 1 fully saturated rings. The predicted molar refractivity (Wildman–Crippen MR) is 52.1 cm³/mol. The van der Waals surface area contributed by atoms with Crippen LogP contribution in [0.2, 0.25) is 0 Å². The van der Waals surface area contributed by atoms with Gasteiger partial charge in [0.25, 0.3) is 0 Å². The lowest BCUT2D eigenvalue weighted by atomic mass is 9.93. The summed E-state index contributed by atoms with van der Waals surface area (Å²) in [5, 5.41) is 10.2. The van der Waals surface area contributed by atoms with Crippen LogP contribution in [0.4, 0.5) is 0 Å². The molecule has 0 unspecified atom stereocenters. The molecule has 1 aliphatic carbocycles. The fourth-order valence-corrected chi connectivity index (χ4v) is 1.89. The SMILES string of the molecule is Oc1ncc2ccn(C3CCC3)c2n1. The number of hydrogen-bond acceptors (Lipinski definition) is 3. The lowest BCUT2D eigenvalue weighted by Crippen LogP contribution is -2.16. The van der Waals surface area contributed by atoms with E-state index in [-0.39, 0.29) is 6.01 Å². The zero-order valence-electron chi connectivity index (χ0n) is 7.72. The highest BCUT2D eigenvalue weighted by Crippen LogP contribution is 2.34. The molecule has 0 amide bonds. The second-order valence-electron chi connectivity index (χ2n) is 3.76. The zero-order valence-corrected chi connectivity index (χ0v) is 7.72. The van der Waals surface area contributed by atoms with Gasteiger partial charge in [0.05, 0.1) is 0 Å². The van der Waals surface area contributed by atoms with E-state index in [9.17, 15) is 5.11 Å². The number of aromatic nitrogens is 3. The monoisotopic (exact) mass is 189 g/mol. The molecule has 0 atom stereocenters. The van der Waals surface area contributed by atoms with E-state index >= 15 is 0 Å². The molecule has 2 aromatic heterocycles. The van der Waals surface area contributed by atoms with E-state index in [0.29, 0.717) is 6.04 Å². The fourth-order valence-electron chi connectivity index (χ4n) is 1.89. The first-order valence-corrected chi connectivity index (χ1v) is 4.87. The first-order valence-electron chi connectivity index (χ1n) is 4.87. The number of rotatable bonds is 1. The highest BCUT2D eigenvalue weighted by molar-refractivity contribution is 5.75. The summed E-state index contributed by atoms with van der Waals surface area (Å²) in [6.07, 6.45) is 7.42. The summed E-state index contributed by atoms with van der Waals surface area (Å²) >= 11 is 0. The Balaban J connectivity index is 2.18. The van der Waals surface area contributed by atoms with Gasteiger partial charge in [-0.15, -0.1) is 0 Å². The van der Waals surface area contributed by atoms with Crippen LogP contribution >= 0.6 is 0 Å². The molecule has 4 nitrogen and oxygen atoms in total. The summed E-state index contributed by atoms with van der Waals surface area (Å²) in [7, 11) is 0. The molecule has 1 aliphatic rings. The van der Waals surface area contributed by atoms with Crippen molar-refractivity contribution in [2.75, 3.05) is 0 Å². The molecular weight excluding hydrogens is 178 g/mol. The Hall–Kier alpha value is -1.58. The van der Waals surface area contributed by atoms with E-state index in [1.807, 2.05) is 12.3 Å². The molecule has 1 N–H and O–H groups in total. The van der Waals surface area contributed by atoms with Gasteiger partial charge < -0.3 is 9.67 Å². The summed E-state index contributed by atoms with van der Waals surface area (Å²) in [5.74, 6) is 0. The number of nitrogens with zero attached hydrogens (tertiary/aromatic N) is 3. The molecule has 1 saturated carbocycles. The van der Waals surface area contributed by atoms with Crippen molar-refractivity contribution in [2.24, 2.45) is 0 Å². The maximum absolute atomic E-state index is 9.21. The van der Waals surface area contributed by atoms with Crippen LogP contribution in [-0.2, 0) is 0 Å². The van der Waals surface area contributed by atoms with Gasteiger partial charge >= 0.3 is 6.01 Å². The standard InChI is InChI=1S/C10H11N3O/c14-10-11-6-7-4-5-13(9(7)12-10)8-2-1-3-8/h4-6,8H,1-3H2,(H,11,12,14). The Morgan fingerprint density at radius 2 is 2.29 bits per heavy atom. The largest absolute Gasteiger partial charge is 0.479 e. The van der Waals surface area contributed by atoms with Crippen molar-refractivity contribution in [1.82, 2.24) is 14.5 Å². The minimum absolute atomic E-state index is 0.142. The van der Waals surface area contributed by atoms with E-state index < -0.39 is 0 Å². The first-order chi connectivity index (χ1) is 6.84. The van der Waals surface area contributed by atoms with Crippen LogP contribution in [0, 0.1) is 0 Å². The van der Waals surface area contributed by atoms with Crippen LogP contribution in [0.25, 0.3) is 11.0 Å². The molecule has 2 heterocycles. The molecule has 0 saturated heterocycles. The van der Waals surface area contributed by atoms with E-state index in [4.69, 9.17) is 0 Å². The molecule has 0 aromatic carbocycles. The Bertz CT molecular complexity index is 473. The topological polar surface area (TPSA) is 50.9 Å². The van der Waals surface area contributed by atoms with Crippen molar-refractivity contribution in [3.63, 3.8) is 0 Å². The number of aromatic hydroxyl groups is 1. The Morgan fingerprint density at radius 3 is 3.00 bits per heavy atom. The predicted octanol–water partition coefficient (Wildman–Crippen LogP) is 1.86. The molecule has 0 radical (unpaired) electrons. The highest BCUT2D eigenvalue weighted by Gasteiger charge is 2.21. The van der Waals surface area contributed by atoms with E-state index in [1.54, 1.807) is 6.20 Å². The summed E-state index contributed by atoms with van der Waals surface area (Å²) in [5.41, 5.74) is 0.849.